The lowest BCUT2D eigenvalue weighted by atomic mass is 9.81. The van der Waals surface area contributed by atoms with Crippen molar-refractivity contribution in [3.05, 3.63) is 0 Å². The fourth-order valence-electron chi connectivity index (χ4n) is 3.05. The molecular formula is C14H25NO. The van der Waals surface area contributed by atoms with Crippen LogP contribution in [0.15, 0.2) is 0 Å². The quantitative estimate of drug-likeness (QED) is 0.733. The standard InChI is InChI=1S/C14H25NO/c1-12-5-7-13(8-6-12)14(16)11-15-9-3-2-4-10-15/h12-13H,2-11H2,1H3. The highest BCUT2D eigenvalue weighted by atomic mass is 16.1. The van der Waals surface area contributed by atoms with Gasteiger partial charge in [-0.1, -0.05) is 26.2 Å². The highest BCUT2D eigenvalue weighted by Crippen LogP contribution is 2.29. The summed E-state index contributed by atoms with van der Waals surface area (Å²) in [7, 11) is 0. The van der Waals surface area contributed by atoms with Gasteiger partial charge in [0.2, 0.25) is 0 Å². The average molecular weight is 223 g/mol. The van der Waals surface area contributed by atoms with E-state index in [1.54, 1.807) is 0 Å². The summed E-state index contributed by atoms with van der Waals surface area (Å²) >= 11 is 0. The fourth-order valence-corrected chi connectivity index (χ4v) is 3.05. The van der Waals surface area contributed by atoms with E-state index in [1.807, 2.05) is 0 Å². The number of ketones is 1. The van der Waals surface area contributed by atoms with Crippen LogP contribution in [0.25, 0.3) is 0 Å². The molecule has 1 heterocycles. The second-order valence-electron chi connectivity index (χ2n) is 5.76. The van der Waals surface area contributed by atoms with Gasteiger partial charge < -0.3 is 0 Å². The Kier molecular flexibility index (Phi) is 4.39. The molecule has 0 aromatic heterocycles. The van der Waals surface area contributed by atoms with Crippen molar-refractivity contribution in [2.24, 2.45) is 11.8 Å². The van der Waals surface area contributed by atoms with Gasteiger partial charge in [0.25, 0.3) is 0 Å². The largest absolute Gasteiger partial charge is 0.298 e. The zero-order valence-corrected chi connectivity index (χ0v) is 10.6. The minimum atomic E-state index is 0.387. The highest BCUT2D eigenvalue weighted by molar-refractivity contribution is 5.83. The smallest absolute Gasteiger partial charge is 0.149 e. The number of carbonyl (C=O) groups is 1. The van der Waals surface area contributed by atoms with Gasteiger partial charge in [-0.3, -0.25) is 9.69 Å². The van der Waals surface area contributed by atoms with Gasteiger partial charge in [-0.05, 0) is 44.7 Å². The SMILES string of the molecule is CC1CCC(C(=O)CN2CCCCC2)CC1. The Morgan fingerprint density at radius 3 is 2.31 bits per heavy atom. The van der Waals surface area contributed by atoms with Crippen LogP contribution < -0.4 is 0 Å². The molecule has 0 radical (unpaired) electrons. The predicted molar refractivity (Wildman–Crippen MR) is 66.4 cm³/mol. The van der Waals surface area contributed by atoms with Crippen LogP contribution in [0.3, 0.4) is 0 Å². The van der Waals surface area contributed by atoms with Crippen LogP contribution in [0.2, 0.25) is 0 Å². The predicted octanol–water partition coefficient (Wildman–Crippen LogP) is 2.87. The summed E-state index contributed by atoms with van der Waals surface area (Å²) in [6.07, 6.45) is 8.74. The number of hydrogen-bond acceptors (Lipinski definition) is 2. The van der Waals surface area contributed by atoms with Crippen molar-refractivity contribution in [3.63, 3.8) is 0 Å². The summed E-state index contributed by atoms with van der Waals surface area (Å²) in [6.45, 7) is 5.34. The Bertz CT molecular complexity index is 225. The first kappa shape index (κ1) is 12.1. The van der Waals surface area contributed by atoms with Crippen LogP contribution in [0, 0.1) is 11.8 Å². The molecule has 16 heavy (non-hydrogen) atoms. The Hall–Kier alpha value is -0.370. The molecule has 0 N–H and O–H groups in total. The minimum Gasteiger partial charge on any atom is -0.298 e. The monoisotopic (exact) mass is 223 g/mol. The molecule has 1 aliphatic carbocycles. The van der Waals surface area contributed by atoms with Gasteiger partial charge in [0.1, 0.15) is 5.78 Å². The third-order valence-corrected chi connectivity index (χ3v) is 4.30. The van der Waals surface area contributed by atoms with E-state index in [0.717, 1.165) is 38.4 Å². The molecule has 2 rings (SSSR count). The van der Waals surface area contributed by atoms with E-state index in [4.69, 9.17) is 0 Å². The summed E-state index contributed by atoms with van der Waals surface area (Å²) in [5.41, 5.74) is 0. The van der Waals surface area contributed by atoms with Gasteiger partial charge >= 0.3 is 0 Å². The van der Waals surface area contributed by atoms with E-state index in [9.17, 15) is 4.79 Å². The Balaban J connectivity index is 1.74. The maximum atomic E-state index is 12.1. The van der Waals surface area contributed by atoms with Crippen LogP contribution in [-0.4, -0.2) is 30.3 Å². The van der Waals surface area contributed by atoms with Crippen molar-refractivity contribution in [1.29, 1.82) is 0 Å². The van der Waals surface area contributed by atoms with Gasteiger partial charge in [0, 0.05) is 5.92 Å². The van der Waals surface area contributed by atoms with E-state index in [1.165, 1.54) is 32.1 Å². The van der Waals surface area contributed by atoms with E-state index >= 15 is 0 Å². The maximum Gasteiger partial charge on any atom is 0.149 e. The van der Waals surface area contributed by atoms with Crippen molar-refractivity contribution < 1.29 is 4.79 Å². The minimum absolute atomic E-state index is 0.387. The third-order valence-electron chi connectivity index (χ3n) is 4.30. The van der Waals surface area contributed by atoms with E-state index < -0.39 is 0 Å². The first-order valence-corrected chi connectivity index (χ1v) is 7.01. The van der Waals surface area contributed by atoms with Crippen LogP contribution in [0.1, 0.15) is 51.9 Å². The first-order valence-electron chi connectivity index (χ1n) is 7.01. The van der Waals surface area contributed by atoms with Crippen molar-refractivity contribution >= 4 is 5.78 Å². The lowest BCUT2D eigenvalue weighted by Crippen LogP contribution is -2.37. The maximum absolute atomic E-state index is 12.1. The third kappa shape index (κ3) is 3.31. The zero-order valence-electron chi connectivity index (χ0n) is 10.6. The van der Waals surface area contributed by atoms with Crippen molar-refractivity contribution in [2.45, 2.75) is 51.9 Å². The van der Waals surface area contributed by atoms with E-state index in [0.29, 0.717) is 11.7 Å². The fraction of sp³-hybridized carbons (Fsp3) is 0.929. The summed E-state index contributed by atoms with van der Waals surface area (Å²) < 4.78 is 0. The molecule has 1 saturated carbocycles. The Morgan fingerprint density at radius 1 is 1.06 bits per heavy atom. The average Bonchev–Trinajstić information content (AvgIpc) is 2.31. The van der Waals surface area contributed by atoms with E-state index in [2.05, 4.69) is 11.8 Å². The molecule has 0 spiro atoms. The second-order valence-corrected chi connectivity index (χ2v) is 5.76. The number of Topliss-reactive ketones (excluding diaryl/α,β-unsaturated/α-hetero) is 1. The number of hydrogen-bond donors (Lipinski definition) is 0. The first-order chi connectivity index (χ1) is 7.75. The van der Waals surface area contributed by atoms with Crippen LogP contribution in [-0.2, 0) is 4.79 Å². The van der Waals surface area contributed by atoms with Gasteiger partial charge in [-0.2, -0.15) is 0 Å². The molecule has 0 atom stereocenters. The second kappa shape index (κ2) is 5.81. The molecule has 1 saturated heterocycles. The van der Waals surface area contributed by atoms with E-state index in [-0.39, 0.29) is 0 Å². The topological polar surface area (TPSA) is 20.3 Å². The zero-order chi connectivity index (χ0) is 11.4. The molecule has 0 aromatic carbocycles. The molecule has 92 valence electrons. The summed E-state index contributed by atoms with van der Waals surface area (Å²) in [4.78, 5) is 14.5. The Morgan fingerprint density at radius 2 is 1.69 bits per heavy atom. The molecule has 0 amide bonds. The molecular weight excluding hydrogens is 198 g/mol. The summed E-state index contributed by atoms with van der Waals surface area (Å²) in [5.74, 6) is 1.76. The summed E-state index contributed by atoms with van der Waals surface area (Å²) in [5, 5.41) is 0. The normalized spacial score (nSPS) is 32.6. The van der Waals surface area contributed by atoms with Gasteiger partial charge in [0.05, 0.1) is 6.54 Å². The van der Waals surface area contributed by atoms with Gasteiger partial charge in [-0.15, -0.1) is 0 Å². The molecule has 0 bridgehead atoms. The van der Waals surface area contributed by atoms with Crippen molar-refractivity contribution in [1.82, 2.24) is 4.90 Å². The Labute approximate surface area is 99.4 Å². The lowest BCUT2D eigenvalue weighted by Gasteiger charge is -2.30. The number of nitrogens with zero attached hydrogens (tertiary/aromatic N) is 1. The highest BCUT2D eigenvalue weighted by Gasteiger charge is 2.25. The number of carbonyl (C=O) groups excluding carboxylic acids is 1. The van der Waals surface area contributed by atoms with Crippen molar-refractivity contribution in [3.8, 4) is 0 Å². The molecule has 1 aliphatic heterocycles. The number of rotatable bonds is 3. The molecule has 0 aromatic rings. The lowest BCUT2D eigenvalue weighted by molar-refractivity contribution is -0.125. The molecule has 2 fully saturated rings. The molecule has 2 aliphatic rings. The molecule has 2 heteroatoms. The molecule has 0 unspecified atom stereocenters. The number of likely N-dealkylation sites (tertiary alicyclic amines) is 1. The molecule has 2 nitrogen and oxygen atoms in total. The van der Waals surface area contributed by atoms with Gasteiger partial charge in [-0.25, -0.2) is 0 Å². The van der Waals surface area contributed by atoms with Crippen LogP contribution in [0.5, 0.6) is 0 Å². The van der Waals surface area contributed by atoms with Crippen LogP contribution in [0.4, 0.5) is 0 Å². The summed E-state index contributed by atoms with van der Waals surface area (Å²) in [6, 6.07) is 0. The van der Waals surface area contributed by atoms with Gasteiger partial charge in [0.15, 0.2) is 0 Å². The number of piperidine rings is 1. The van der Waals surface area contributed by atoms with Crippen LogP contribution >= 0.6 is 0 Å². The van der Waals surface area contributed by atoms with Crippen molar-refractivity contribution in [2.75, 3.05) is 19.6 Å².